The van der Waals surface area contributed by atoms with E-state index in [-0.39, 0.29) is 17.7 Å². The second kappa shape index (κ2) is 8.34. The Morgan fingerprint density at radius 1 is 1.30 bits per heavy atom. The molecule has 0 radical (unpaired) electrons. The number of benzene rings is 1. The molecule has 1 N–H and O–H groups in total. The third kappa shape index (κ3) is 5.24. The van der Waals surface area contributed by atoms with Crippen molar-refractivity contribution in [3.05, 3.63) is 34.9 Å². The van der Waals surface area contributed by atoms with Crippen molar-refractivity contribution in [3.63, 3.8) is 0 Å². The van der Waals surface area contributed by atoms with Crippen LogP contribution in [-0.2, 0) is 4.79 Å². The molecule has 126 valence electrons. The first kappa shape index (κ1) is 17.8. The lowest BCUT2D eigenvalue weighted by Crippen LogP contribution is -2.45. The molecule has 2 amide bonds. The summed E-state index contributed by atoms with van der Waals surface area (Å²) in [6, 6.07) is 6.90. The van der Waals surface area contributed by atoms with Crippen LogP contribution in [0.2, 0.25) is 5.02 Å². The minimum absolute atomic E-state index is 0.0265. The van der Waals surface area contributed by atoms with Crippen molar-refractivity contribution in [2.45, 2.75) is 33.1 Å². The molecule has 23 heavy (non-hydrogen) atoms. The van der Waals surface area contributed by atoms with Crippen molar-refractivity contribution < 1.29 is 9.59 Å². The van der Waals surface area contributed by atoms with Crippen molar-refractivity contribution in [1.82, 2.24) is 10.2 Å². The molecule has 1 saturated heterocycles. The fourth-order valence-corrected chi connectivity index (χ4v) is 2.91. The predicted octanol–water partition coefficient (Wildman–Crippen LogP) is 3.35. The van der Waals surface area contributed by atoms with Crippen molar-refractivity contribution in [2.75, 3.05) is 19.6 Å². The summed E-state index contributed by atoms with van der Waals surface area (Å²) in [4.78, 5) is 26.6. The molecular formula is C18H25ClN2O2. The Balaban J connectivity index is 1.91. The maximum Gasteiger partial charge on any atom is 0.253 e. The number of nitrogens with zero attached hydrogens (tertiary/aromatic N) is 1. The van der Waals surface area contributed by atoms with Gasteiger partial charge in [0.05, 0.1) is 5.92 Å². The predicted molar refractivity (Wildman–Crippen MR) is 92.5 cm³/mol. The molecule has 0 saturated carbocycles. The minimum atomic E-state index is -0.104. The minimum Gasteiger partial charge on any atom is -0.356 e. The number of nitrogens with one attached hydrogen (secondary N) is 1. The number of rotatable bonds is 5. The van der Waals surface area contributed by atoms with E-state index < -0.39 is 0 Å². The van der Waals surface area contributed by atoms with Crippen LogP contribution in [-0.4, -0.2) is 36.3 Å². The van der Waals surface area contributed by atoms with Crippen molar-refractivity contribution in [1.29, 1.82) is 0 Å². The largest absolute Gasteiger partial charge is 0.356 e. The molecule has 1 aromatic carbocycles. The normalized spacial score (nSPS) is 18.1. The molecular weight excluding hydrogens is 312 g/mol. The van der Waals surface area contributed by atoms with Gasteiger partial charge in [0.15, 0.2) is 0 Å². The van der Waals surface area contributed by atoms with Gasteiger partial charge in [-0.3, -0.25) is 9.59 Å². The van der Waals surface area contributed by atoms with Crippen molar-refractivity contribution >= 4 is 23.4 Å². The highest BCUT2D eigenvalue weighted by atomic mass is 35.5. The summed E-state index contributed by atoms with van der Waals surface area (Å²) in [5.74, 6) is 0.511. The molecule has 0 bridgehead atoms. The molecule has 5 heteroatoms. The molecule has 2 rings (SSSR count). The Morgan fingerprint density at radius 2 is 2.00 bits per heavy atom. The maximum absolute atomic E-state index is 12.5. The highest BCUT2D eigenvalue weighted by Gasteiger charge is 2.28. The van der Waals surface area contributed by atoms with Gasteiger partial charge in [0.25, 0.3) is 5.91 Å². The summed E-state index contributed by atoms with van der Waals surface area (Å²) >= 11 is 5.86. The average molecular weight is 337 g/mol. The Labute approximate surface area is 143 Å². The van der Waals surface area contributed by atoms with E-state index in [2.05, 4.69) is 19.2 Å². The summed E-state index contributed by atoms with van der Waals surface area (Å²) in [6.45, 7) is 6.18. The summed E-state index contributed by atoms with van der Waals surface area (Å²) in [6.07, 6.45) is 2.69. The molecule has 1 atom stereocenters. The van der Waals surface area contributed by atoms with Gasteiger partial charge < -0.3 is 10.2 Å². The number of likely N-dealkylation sites (tertiary alicyclic amines) is 1. The van der Waals surface area contributed by atoms with E-state index in [0.29, 0.717) is 36.1 Å². The van der Waals surface area contributed by atoms with E-state index in [1.807, 2.05) is 0 Å². The number of piperidine rings is 1. The van der Waals surface area contributed by atoms with Crippen molar-refractivity contribution in [2.24, 2.45) is 11.8 Å². The third-order valence-corrected chi connectivity index (χ3v) is 4.44. The van der Waals surface area contributed by atoms with Crippen LogP contribution in [0, 0.1) is 11.8 Å². The van der Waals surface area contributed by atoms with Crippen LogP contribution in [0.15, 0.2) is 24.3 Å². The molecule has 1 aliphatic rings. The van der Waals surface area contributed by atoms with Gasteiger partial charge in [0.1, 0.15) is 0 Å². The lowest BCUT2D eigenvalue weighted by molar-refractivity contribution is -0.126. The Bertz CT molecular complexity index is 542. The number of halogens is 1. The topological polar surface area (TPSA) is 49.4 Å². The Morgan fingerprint density at radius 3 is 2.65 bits per heavy atom. The molecule has 1 aromatic rings. The summed E-state index contributed by atoms with van der Waals surface area (Å²) < 4.78 is 0. The average Bonchev–Trinajstić information content (AvgIpc) is 2.54. The summed E-state index contributed by atoms with van der Waals surface area (Å²) in [5.41, 5.74) is 0.621. The fourth-order valence-electron chi connectivity index (χ4n) is 2.78. The lowest BCUT2D eigenvalue weighted by atomic mass is 9.96. The van der Waals surface area contributed by atoms with Crippen molar-refractivity contribution in [3.8, 4) is 0 Å². The van der Waals surface area contributed by atoms with Gasteiger partial charge in [-0.15, -0.1) is 0 Å². The molecule has 0 aromatic heterocycles. The quantitative estimate of drug-likeness (QED) is 0.896. The van der Waals surface area contributed by atoms with E-state index in [9.17, 15) is 9.59 Å². The monoisotopic (exact) mass is 336 g/mol. The van der Waals surface area contributed by atoms with Gasteiger partial charge in [-0.05, 0) is 49.4 Å². The van der Waals surface area contributed by atoms with Crippen LogP contribution in [0.1, 0.15) is 43.5 Å². The van der Waals surface area contributed by atoms with E-state index in [1.54, 1.807) is 29.2 Å². The lowest BCUT2D eigenvalue weighted by Gasteiger charge is -2.32. The van der Waals surface area contributed by atoms with Crippen LogP contribution in [0.3, 0.4) is 0 Å². The number of amides is 2. The zero-order valence-electron chi connectivity index (χ0n) is 13.8. The smallest absolute Gasteiger partial charge is 0.253 e. The molecule has 4 nitrogen and oxygen atoms in total. The van der Waals surface area contributed by atoms with Gasteiger partial charge in [-0.2, -0.15) is 0 Å². The van der Waals surface area contributed by atoms with Gasteiger partial charge in [-0.1, -0.05) is 25.4 Å². The van der Waals surface area contributed by atoms with E-state index >= 15 is 0 Å². The van der Waals surface area contributed by atoms with Crippen LogP contribution in [0.25, 0.3) is 0 Å². The molecule has 1 aliphatic heterocycles. The summed E-state index contributed by atoms with van der Waals surface area (Å²) in [7, 11) is 0. The van der Waals surface area contributed by atoms with E-state index in [0.717, 1.165) is 19.3 Å². The Kier molecular flexibility index (Phi) is 6.46. The maximum atomic E-state index is 12.5. The second-order valence-corrected chi connectivity index (χ2v) is 7.01. The summed E-state index contributed by atoms with van der Waals surface area (Å²) in [5, 5.41) is 3.61. The number of hydrogen-bond acceptors (Lipinski definition) is 2. The van der Waals surface area contributed by atoms with Crippen LogP contribution < -0.4 is 5.32 Å². The van der Waals surface area contributed by atoms with Crippen LogP contribution in [0.4, 0.5) is 0 Å². The second-order valence-electron chi connectivity index (χ2n) is 6.57. The van der Waals surface area contributed by atoms with Crippen LogP contribution in [0.5, 0.6) is 0 Å². The van der Waals surface area contributed by atoms with Gasteiger partial charge in [0, 0.05) is 30.2 Å². The first-order valence-electron chi connectivity index (χ1n) is 8.30. The highest BCUT2D eigenvalue weighted by Crippen LogP contribution is 2.20. The van der Waals surface area contributed by atoms with Gasteiger partial charge in [0.2, 0.25) is 5.91 Å². The van der Waals surface area contributed by atoms with Crippen LogP contribution >= 0.6 is 11.6 Å². The molecule has 0 aliphatic carbocycles. The standard InChI is InChI=1S/C18H25ClN2O2/c1-13(2)9-10-20-17(22)15-4-3-11-21(12-15)18(23)14-5-7-16(19)8-6-14/h5-8,13,15H,3-4,9-12H2,1-2H3,(H,20,22). The Hall–Kier alpha value is -1.55. The third-order valence-electron chi connectivity index (χ3n) is 4.19. The number of carbonyl (C=O) groups excluding carboxylic acids is 2. The molecule has 1 fully saturated rings. The SMILES string of the molecule is CC(C)CCNC(=O)C1CCCN(C(=O)c2ccc(Cl)cc2)C1. The van der Waals surface area contributed by atoms with Gasteiger partial charge in [-0.25, -0.2) is 0 Å². The zero-order chi connectivity index (χ0) is 16.8. The molecule has 0 spiro atoms. The fraction of sp³-hybridized carbons (Fsp3) is 0.556. The molecule has 1 unspecified atom stereocenters. The van der Waals surface area contributed by atoms with Gasteiger partial charge >= 0.3 is 0 Å². The number of carbonyl (C=O) groups is 2. The van der Waals surface area contributed by atoms with E-state index in [1.165, 1.54) is 0 Å². The van der Waals surface area contributed by atoms with E-state index in [4.69, 9.17) is 11.6 Å². The highest BCUT2D eigenvalue weighted by molar-refractivity contribution is 6.30. The molecule has 1 heterocycles. The first-order valence-corrected chi connectivity index (χ1v) is 8.67. The zero-order valence-corrected chi connectivity index (χ0v) is 14.6. The first-order chi connectivity index (χ1) is 11.0. The number of hydrogen-bond donors (Lipinski definition) is 1.